The maximum atomic E-state index is 12.2. The van der Waals surface area contributed by atoms with Crippen LogP contribution in [0.4, 0.5) is 0 Å². The smallest absolute Gasteiger partial charge is 0.325 e. The first-order valence-corrected chi connectivity index (χ1v) is 8.94. The van der Waals surface area contributed by atoms with Crippen molar-refractivity contribution in [2.45, 2.75) is 19.0 Å². The molecule has 2 N–H and O–H groups in total. The van der Waals surface area contributed by atoms with E-state index in [1.54, 1.807) is 19.4 Å². The van der Waals surface area contributed by atoms with Gasteiger partial charge in [-0.2, -0.15) is 0 Å². The zero-order chi connectivity index (χ0) is 19.6. The van der Waals surface area contributed by atoms with E-state index in [2.05, 4.69) is 4.90 Å². The van der Waals surface area contributed by atoms with Gasteiger partial charge in [-0.05, 0) is 25.2 Å². The third-order valence-corrected chi connectivity index (χ3v) is 5.12. The summed E-state index contributed by atoms with van der Waals surface area (Å²) in [7, 11) is 3.59. The van der Waals surface area contributed by atoms with Gasteiger partial charge < -0.3 is 24.4 Å². The molecule has 2 aromatic rings. The van der Waals surface area contributed by atoms with Crippen LogP contribution in [0.25, 0.3) is 10.9 Å². The van der Waals surface area contributed by atoms with Gasteiger partial charge in [0.15, 0.2) is 0 Å². The van der Waals surface area contributed by atoms with Crippen LogP contribution >= 0.6 is 0 Å². The molecular weight excluding hydrogens is 350 g/mol. The van der Waals surface area contributed by atoms with Gasteiger partial charge in [0.25, 0.3) is 0 Å². The third-order valence-electron chi connectivity index (χ3n) is 5.12. The number of piperazine rings is 1. The Morgan fingerprint density at radius 3 is 2.48 bits per heavy atom. The van der Waals surface area contributed by atoms with Crippen molar-refractivity contribution in [3.63, 3.8) is 0 Å². The number of rotatable bonds is 7. The quantitative estimate of drug-likeness (QED) is 0.757. The minimum absolute atomic E-state index is 0.0263. The summed E-state index contributed by atoms with van der Waals surface area (Å²) in [6.45, 7) is 3.24. The SMILES string of the molecule is COc1ccc2c(c1)c(C(C(=O)O)N1CCN(C)CC1)cn2CCC(=O)O. The number of nitrogens with zero attached hydrogens (tertiary/aromatic N) is 3. The number of aryl methyl sites for hydroxylation is 1. The number of carbonyl (C=O) groups is 2. The number of methoxy groups -OCH3 is 1. The molecule has 0 bridgehead atoms. The Kier molecular flexibility index (Phi) is 5.67. The predicted molar refractivity (Wildman–Crippen MR) is 100 cm³/mol. The van der Waals surface area contributed by atoms with Gasteiger partial charge in [-0.1, -0.05) is 0 Å². The molecule has 8 nitrogen and oxygen atoms in total. The Balaban J connectivity index is 2.06. The predicted octanol–water partition coefficient (Wildman–Crippen LogP) is 1.50. The fourth-order valence-electron chi connectivity index (χ4n) is 3.62. The van der Waals surface area contributed by atoms with Crippen LogP contribution < -0.4 is 4.74 Å². The molecule has 0 saturated carbocycles. The van der Waals surface area contributed by atoms with E-state index in [1.807, 2.05) is 28.6 Å². The second-order valence-corrected chi connectivity index (χ2v) is 6.88. The topological polar surface area (TPSA) is 95.2 Å². The largest absolute Gasteiger partial charge is 0.497 e. The molecule has 2 heterocycles. The summed E-state index contributed by atoms with van der Waals surface area (Å²) in [6.07, 6.45) is 1.76. The van der Waals surface area contributed by atoms with Crippen LogP contribution in [0.15, 0.2) is 24.4 Å². The van der Waals surface area contributed by atoms with Crippen LogP contribution in [0.1, 0.15) is 18.0 Å². The van der Waals surface area contributed by atoms with Gasteiger partial charge in [0.1, 0.15) is 11.8 Å². The number of ether oxygens (including phenoxy) is 1. The van der Waals surface area contributed by atoms with Gasteiger partial charge in [-0.15, -0.1) is 0 Å². The van der Waals surface area contributed by atoms with E-state index in [4.69, 9.17) is 9.84 Å². The van der Waals surface area contributed by atoms with Gasteiger partial charge in [0.2, 0.25) is 0 Å². The number of carboxylic acids is 2. The first-order valence-electron chi connectivity index (χ1n) is 8.94. The Hall–Kier alpha value is -2.58. The van der Waals surface area contributed by atoms with Crippen molar-refractivity contribution in [3.8, 4) is 5.75 Å². The number of hydrogen-bond acceptors (Lipinski definition) is 5. The van der Waals surface area contributed by atoms with Crippen LogP contribution in [0.3, 0.4) is 0 Å². The van der Waals surface area contributed by atoms with Gasteiger partial charge in [-0.25, -0.2) is 0 Å². The molecule has 1 aliphatic rings. The van der Waals surface area contributed by atoms with E-state index in [0.29, 0.717) is 24.4 Å². The number of benzene rings is 1. The second-order valence-electron chi connectivity index (χ2n) is 6.88. The summed E-state index contributed by atoms with van der Waals surface area (Å²) >= 11 is 0. The lowest BCUT2D eigenvalue weighted by Gasteiger charge is -2.36. The van der Waals surface area contributed by atoms with Gasteiger partial charge in [-0.3, -0.25) is 14.5 Å². The maximum absolute atomic E-state index is 12.2. The summed E-state index contributed by atoms with van der Waals surface area (Å²) < 4.78 is 7.14. The molecule has 0 radical (unpaired) electrons. The highest BCUT2D eigenvalue weighted by atomic mass is 16.5. The summed E-state index contributed by atoms with van der Waals surface area (Å²) in [5.74, 6) is -1.15. The van der Waals surface area contributed by atoms with Gasteiger partial charge >= 0.3 is 11.9 Å². The minimum atomic E-state index is -0.903. The molecule has 0 spiro atoms. The Morgan fingerprint density at radius 2 is 1.89 bits per heavy atom. The Morgan fingerprint density at radius 1 is 1.19 bits per heavy atom. The number of aromatic nitrogens is 1. The summed E-state index contributed by atoms with van der Waals surface area (Å²) in [5, 5.41) is 19.8. The van der Waals surface area contributed by atoms with Crippen LogP contribution in [-0.4, -0.2) is 76.9 Å². The average Bonchev–Trinajstić information content (AvgIpc) is 2.99. The van der Waals surface area contributed by atoms with Crippen molar-refractivity contribution in [2.24, 2.45) is 0 Å². The zero-order valence-electron chi connectivity index (χ0n) is 15.6. The molecule has 1 aromatic heterocycles. The van der Waals surface area contributed by atoms with E-state index < -0.39 is 18.0 Å². The fourth-order valence-corrected chi connectivity index (χ4v) is 3.62. The molecule has 8 heteroatoms. The fraction of sp³-hybridized carbons (Fsp3) is 0.474. The molecule has 1 unspecified atom stereocenters. The van der Waals surface area contributed by atoms with Crippen molar-refractivity contribution < 1.29 is 24.5 Å². The van der Waals surface area contributed by atoms with Crippen molar-refractivity contribution in [1.82, 2.24) is 14.4 Å². The highest BCUT2D eigenvalue weighted by Gasteiger charge is 2.32. The van der Waals surface area contributed by atoms with Crippen molar-refractivity contribution in [1.29, 1.82) is 0 Å². The maximum Gasteiger partial charge on any atom is 0.325 e. The third kappa shape index (κ3) is 4.06. The first-order chi connectivity index (χ1) is 12.9. The molecule has 3 rings (SSSR count). The first kappa shape index (κ1) is 19.2. The molecular formula is C19H25N3O5. The van der Waals surface area contributed by atoms with E-state index in [-0.39, 0.29) is 13.0 Å². The van der Waals surface area contributed by atoms with Crippen LogP contribution in [-0.2, 0) is 16.1 Å². The van der Waals surface area contributed by atoms with Gasteiger partial charge in [0.05, 0.1) is 13.5 Å². The Labute approximate surface area is 157 Å². The highest BCUT2D eigenvalue weighted by Crippen LogP contribution is 2.33. The van der Waals surface area contributed by atoms with E-state index in [1.165, 1.54) is 0 Å². The lowest BCUT2D eigenvalue weighted by molar-refractivity contribution is -0.144. The van der Waals surface area contributed by atoms with Crippen LogP contribution in [0, 0.1) is 0 Å². The highest BCUT2D eigenvalue weighted by molar-refractivity contribution is 5.90. The monoisotopic (exact) mass is 375 g/mol. The van der Waals surface area contributed by atoms with Crippen molar-refractivity contribution >= 4 is 22.8 Å². The standard InChI is InChI=1S/C19H25N3O5/c1-20-7-9-21(10-8-20)18(19(25)26)15-12-22(6-5-17(23)24)16-4-3-13(27-2)11-14(15)16/h3-4,11-12,18H,5-10H2,1-2H3,(H,23,24)(H,25,26). The lowest BCUT2D eigenvalue weighted by Crippen LogP contribution is -2.47. The molecule has 1 atom stereocenters. The lowest BCUT2D eigenvalue weighted by atomic mass is 10.0. The molecule has 0 amide bonds. The van der Waals surface area contributed by atoms with Gasteiger partial charge in [0, 0.05) is 55.4 Å². The zero-order valence-corrected chi connectivity index (χ0v) is 15.6. The van der Waals surface area contributed by atoms with Crippen molar-refractivity contribution in [3.05, 3.63) is 30.0 Å². The molecule has 1 aliphatic heterocycles. The number of aliphatic carboxylic acids is 2. The van der Waals surface area contributed by atoms with E-state index in [9.17, 15) is 14.7 Å². The molecule has 1 saturated heterocycles. The average molecular weight is 375 g/mol. The van der Waals surface area contributed by atoms with Crippen LogP contribution in [0.2, 0.25) is 0 Å². The molecule has 1 fully saturated rings. The van der Waals surface area contributed by atoms with Crippen LogP contribution in [0.5, 0.6) is 5.75 Å². The molecule has 146 valence electrons. The molecule has 27 heavy (non-hydrogen) atoms. The van der Waals surface area contributed by atoms with Crippen molar-refractivity contribution in [2.75, 3.05) is 40.3 Å². The second kappa shape index (κ2) is 7.98. The van der Waals surface area contributed by atoms with E-state index >= 15 is 0 Å². The molecule has 0 aliphatic carbocycles. The van der Waals surface area contributed by atoms with E-state index in [0.717, 1.165) is 24.0 Å². The number of carboxylic acid groups (broad SMARTS) is 2. The number of fused-ring (bicyclic) bond motifs is 1. The molecule has 1 aromatic carbocycles. The summed E-state index contributed by atoms with van der Waals surface area (Å²) in [4.78, 5) is 27.3. The summed E-state index contributed by atoms with van der Waals surface area (Å²) in [5.41, 5.74) is 1.48. The number of likely N-dealkylation sites (N-methyl/N-ethyl adjacent to an activating group) is 1. The normalized spacial score (nSPS) is 17.1. The Bertz CT molecular complexity index is 839. The summed E-state index contributed by atoms with van der Waals surface area (Å²) in [6, 6.07) is 4.70. The number of hydrogen-bond donors (Lipinski definition) is 2. The minimum Gasteiger partial charge on any atom is -0.497 e.